The average molecular weight is 396 g/mol. The van der Waals surface area contributed by atoms with Gasteiger partial charge in [-0.15, -0.1) is 11.8 Å². The second-order valence-electron chi connectivity index (χ2n) is 7.40. The summed E-state index contributed by atoms with van der Waals surface area (Å²) in [6.45, 7) is 5.39. The van der Waals surface area contributed by atoms with E-state index in [1.54, 1.807) is 11.8 Å². The largest absolute Gasteiger partial charge is 0.477 e. The number of carbonyl (C=O) groups is 3. The van der Waals surface area contributed by atoms with Crippen LogP contribution in [0.15, 0.2) is 10.6 Å². The standard InChI is InChI=1S/C17H24N4O5S/c1-6-12-11(7(2)22)16(24)21(12)13(17(25)26)14(6)27-9-4-10(15(19)23)20(5-9)8(3)18/h6-7,9-12,18,22H,4-5H2,1-3H3,(H2,19,23)(H,25,26)/t6?,7?,9?,10?,11?,12-/m1/s1. The molecule has 5 N–H and O–H groups in total. The predicted octanol–water partition coefficient (Wildman–Crippen LogP) is -0.201. The van der Waals surface area contributed by atoms with Gasteiger partial charge in [-0.1, -0.05) is 6.92 Å². The van der Waals surface area contributed by atoms with Crippen molar-refractivity contribution in [3.8, 4) is 0 Å². The van der Waals surface area contributed by atoms with Gasteiger partial charge in [-0.3, -0.25) is 15.0 Å². The number of hydrogen-bond donors (Lipinski definition) is 4. The lowest BCUT2D eigenvalue weighted by molar-refractivity contribution is -0.163. The maximum Gasteiger partial charge on any atom is 0.353 e. The zero-order valence-electron chi connectivity index (χ0n) is 15.4. The molecular weight excluding hydrogens is 372 g/mol. The van der Waals surface area contributed by atoms with Gasteiger partial charge in [0.05, 0.1) is 23.9 Å². The quantitative estimate of drug-likeness (QED) is 0.286. The number of carboxylic acids is 1. The van der Waals surface area contributed by atoms with E-state index in [1.807, 2.05) is 6.92 Å². The summed E-state index contributed by atoms with van der Waals surface area (Å²) >= 11 is 1.34. The summed E-state index contributed by atoms with van der Waals surface area (Å²) in [6.07, 6.45) is -0.431. The molecule has 148 valence electrons. The number of aliphatic carboxylic acids is 1. The molecule has 10 heteroatoms. The van der Waals surface area contributed by atoms with Crippen LogP contribution in [0.3, 0.4) is 0 Å². The highest BCUT2D eigenvalue weighted by atomic mass is 32.2. The highest BCUT2D eigenvalue weighted by molar-refractivity contribution is 8.03. The predicted molar refractivity (Wildman–Crippen MR) is 98.7 cm³/mol. The average Bonchev–Trinajstić information content (AvgIpc) is 3.07. The van der Waals surface area contributed by atoms with E-state index in [1.165, 1.54) is 23.6 Å². The molecule has 0 saturated carbocycles. The third kappa shape index (κ3) is 3.00. The molecule has 0 aromatic heterocycles. The number of nitrogens with two attached hydrogens (primary N) is 1. The van der Waals surface area contributed by atoms with Crippen LogP contribution in [-0.2, 0) is 14.4 Å². The summed E-state index contributed by atoms with van der Waals surface area (Å²) < 4.78 is 0. The Balaban J connectivity index is 1.86. The number of primary amides is 1. The number of thioether (sulfide) groups is 1. The third-order valence-electron chi connectivity index (χ3n) is 5.63. The molecule has 6 atom stereocenters. The van der Waals surface area contributed by atoms with Crippen molar-refractivity contribution in [2.45, 2.75) is 50.6 Å². The third-order valence-corrected chi connectivity index (χ3v) is 7.12. The maximum absolute atomic E-state index is 12.4. The number of nitrogens with one attached hydrogen (secondary N) is 1. The minimum atomic E-state index is -1.17. The molecule has 0 aliphatic carbocycles. The summed E-state index contributed by atoms with van der Waals surface area (Å²) in [5.41, 5.74) is 5.42. The van der Waals surface area contributed by atoms with E-state index in [9.17, 15) is 24.6 Å². The summed E-state index contributed by atoms with van der Waals surface area (Å²) in [7, 11) is 0. The van der Waals surface area contributed by atoms with Crippen molar-refractivity contribution in [1.82, 2.24) is 9.80 Å². The molecule has 3 aliphatic rings. The first-order valence-electron chi connectivity index (χ1n) is 8.82. The Morgan fingerprint density at radius 3 is 2.48 bits per heavy atom. The zero-order valence-corrected chi connectivity index (χ0v) is 16.2. The van der Waals surface area contributed by atoms with E-state index in [0.29, 0.717) is 17.9 Å². The number of aliphatic hydroxyl groups excluding tert-OH is 1. The lowest BCUT2D eigenvalue weighted by Crippen LogP contribution is -2.63. The molecule has 9 nitrogen and oxygen atoms in total. The van der Waals surface area contributed by atoms with Crippen LogP contribution in [-0.4, -0.2) is 73.6 Å². The van der Waals surface area contributed by atoms with Crippen LogP contribution in [0.25, 0.3) is 0 Å². The van der Waals surface area contributed by atoms with Crippen LogP contribution >= 0.6 is 11.8 Å². The molecule has 0 aromatic rings. The number of nitrogens with zero attached hydrogens (tertiary/aromatic N) is 2. The molecule has 0 spiro atoms. The minimum absolute atomic E-state index is 0.0277. The molecule has 2 saturated heterocycles. The lowest BCUT2D eigenvalue weighted by Gasteiger charge is -2.46. The Hall–Kier alpha value is -2.07. The topological polar surface area (TPSA) is 148 Å². The monoisotopic (exact) mass is 396 g/mol. The van der Waals surface area contributed by atoms with Gasteiger partial charge in [0.1, 0.15) is 11.7 Å². The van der Waals surface area contributed by atoms with Crippen molar-refractivity contribution in [2.24, 2.45) is 17.6 Å². The van der Waals surface area contributed by atoms with Gasteiger partial charge >= 0.3 is 5.97 Å². The van der Waals surface area contributed by atoms with Gasteiger partial charge in [-0.05, 0) is 20.3 Å². The number of likely N-dealkylation sites (tertiary alicyclic amines) is 1. The lowest BCUT2D eigenvalue weighted by atomic mass is 9.79. The summed E-state index contributed by atoms with van der Waals surface area (Å²) in [5, 5.41) is 27.3. The molecule has 3 rings (SSSR count). The fraction of sp³-hybridized carbons (Fsp3) is 0.647. The number of aliphatic hydroxyl groups is 1. The van der Waals surface area contributed by atoms with Crippen LogP contribution in [0.5, 0.6) is 0 Å². The van der Waals surface area contributed by atoms with E-state index < -0.39 is 29.9 Å². The van der Waals surface area contributed by atoms with Gasteiger partial charge in [0.2, 0.25) is 11.8 Å². The van der Waals surface area contributed by atoms with Gasteiger partial charge in [0.15, 0.2) is 0 Å². The Morgan fingerprint density at radius 1 is 1.41 bits per heavy atom. The van der Waals surface area contributed by atoms with Gasteiger partial charge in [0.25, 0.3) is 0 Å². The zero-order chi connectivity index (χ0) is 20.2. The molecule has 0 bridgehead atoms. The highest BCUT2D eigenvalue weighted by Crippen LogP contribution is 2.52. The molecule has 2 fully saturated rings. The first-order valence-corrected chi connectivity index (χ1v) is 9.70. The summed E-state index contributed by atoms with van der Waals surface area (Å²) in [5.74, 6) is -2.64. The number of β-lactam (4-membered cyclic amide) rings is 1. The summed E-state index contributed by atoms with van der Waals surface area (Å²) in [4.78, 5) is 39.4. The summed E-state index contributed by atoms with van der Waals surface area (Å²) in [6, 6.07) is -0.950. The van der Waals surface area contributed by atoms with Crippen molar-refractivity contribution >= 4 is 35.4 Å². The SMILES string of the molecule is CC(=N)N1CC(SC2=C(C(=O)O)N3C(=O)C(C(C)O)[C@H]3C2C)CC1C(N)=O. The van der Waals surface area contributed by atoms with Crippen LogP contribution in [0.4, 0.5) is 0 Å². The van der Waals surface area contributed by atoms with Crippen LogP contribution in [0, 0.1) is 17.2 Å². The first kappa shape index (κ1) is 19.7. The van der Waals surface area contributed by atoms with E-state index in [0.717, 1.165) is 0 Å². The second kappa shape index (κ2) is 6.83. The van der Waals surface area contributed by atoms with E-state index in [2.05, 4.69) is 0 Å². The number of amides is 2. The van der Waals surface area contributed by atoms with Crippen molar-refractivity contribution < 1.29 is 24.6 Å². The number of carbonyl (C=O) groups excluding carboxylic acids is 2. The van der Waals surface area contributed by atoms with Crippen LogP contribution in [0.2, 0.25) is 0 Å². The molecule has 5 unspecified atom stereocenters. The van der Waals surface area contributed by atoms with Crippen molar-refractivity contribution in [2.75, 3.05) is 6.54 Å². The maximum atomic E-state index is 12.4. The number of hydrogen-bond acceptors (Lipinski definition) is 6. The number of carboxylic acid groups (broad SMARTS) is 1. The Bertz CT molecular complexity index is 730. The Labute approximate surface area is 161 Å². The number of rotatable bonds is 5. The van der Waals surface area contributed by atoms with E-state index >= 15 is 0 Å². The number of fused-ring (bicyclic) bond motifs is 1. The van der Waals surface area contributed by atoms with Crippen molar-refractivity contribution in [1.29, 1.82) is 5.41 Å². The van der Waals surface area contributed by atoms with Crippen molar-refractivity contribution in [3.63, 3.8) is 0 Å². The molecule has 0 aromatic carbocycles. The van der Waals surface area contributed by atoms with E-state index in [4.69, 9.17) is 11.1 Å². The minimum Gasteiger partial charge on any atom is -0.477 e. The van der Waals surface area contributed by atoms with Crippen molar-refractivity contribution in [3.05, 3.63) is 10.6 Å². The molecule has 3 heterocycles. The smallest absolute Gasteiger partial charge is 0.353 e. The molecular formula is C17H24N4O5S. The Kier molecular flexibility index (Phi) is 4.98. The van der Waals surface area contributed by atoms with Crippen LogP contribution in [0.1, 0.15) is 27.2 Å². The second-order valence-corrected chi connectivity index (χ2v) is 8.75. The normalized spacial score (nSPS) is 33.8. The molecule has 3 aliphatic heterocycles. The van der Waals surface area contributed by atoms with Crippen LogP contribution < -0.4 is 5.73 Å². The Morgan fingerprint density at radius 2 is 2.04 bits per heavy atom. The van der Waals surface area contributed by atoms with Gasteiger partial charge in [-0.2, -0.15) is 0 Å². The molecule has 0 radical (unpaired) electrons. The van der Waals surface area contributed by atoms with E-state index in [-0.39, 0.29) is 34.6 Å². The fourth-order valence-electron chi connectivity index (χ4n) is 4.38. The number of amidine groups is 1. The highest BCUT2D eigenvalue weighted by Gasteiger charge is 2.60. The molecule has 27 heavy (non-hydrogen) atoms. The molecule has 2 amide bonds. The fourth-order valence-corrected chi connectivity index (χ4v) is 5.91. The van der Waals surface area contributed by atoms with Gasteiger partial charge < -0.3 is 25.7 Å². The van der Waals surface area contributed by atoms with Gasteiger partial charge in [0, 0.05) is 22.6 Å². The van der Waals surface area contributed by atoms with Gasteiger partial charge in [-0.25, -0.2) is 4.79 Å². The first-order chi connectivity index (χ1) is 12.6.